The highest BCUT2D eigenvalue weighted by Gasteiger charge is 2.23. The average molecular weight is 335 g/mol. The maximum atomic E-state index is 12.3. The highest BCUT2D eigenvalue weighted by atomic mass is 16.2. The van der Waals surface area contributed by atoms with Crippen LogP contribution in [0.25, 0.3) is 0 Å². The normalized spacial score (nSPS) is 14.2. The van der Waals surface area contributed by atoms with Crippen molar-refractivity contribution >= 4 is 23.2 Å². The highest BCUT2D eigenvalue weighted by molar-refractivity contribution is 6.05. The summed E-state index contributed by atoms with van der Waals surface area (Å²) in [5, 5.41) is 8.49. The number of hydrogen-bond donors (Lipinski definition) is 1. The van der Waals surface area contributed by atoms with Crippen LogP contribution in [0, 0.1) is 0 Å². The van der Waals surface area contributed by atoms with Gasteiger partial charge in [0.1, 0.15) is 6.54 Å². The molecule has 1 aliphatic heterocycles. The molecule has 0 unspecified atom stereocenters. The van der Waals surface area contributed by atoms with Crippen molar-refractivity contribution in [3.63, 3.8) is 0 Å². The Hall–Kier alpha value is -2.95. The number of hydrazone groups is 1. The lowest BCUT2D eigenvalue weighted by atomic mass is 10.0. The number of aryl methyl sites for hydroxylation is 1. The van der Waals surface area contributed by atoms with Gasteiger partial charge in [0.05, 0.1) is 5.71 Å². The van der Waals surface area contributed by atoms with Gasteiger partial charge in [-0.3, -0.25) is 9.59 Å². The molecule has 2 amide bonds. The van der Waals surface area contributed by atoms with Crippen molar-refractivity contribution < 1.29 is 9.59 Å². The van der Waals surface area contributed by atoms with Gasteiger partial charge in [0, 0.05) is 18.5 Å². The summed E-state index contributed by atoms with van der Waals surface area (Å²) in [4.78, 5) is 24.4. The van der Waals surface area contributed by atoms with Gasteiger partial charge < -0.3 is 5.32 Å². The molecule has 2 aromatic carbocycles. The number of hydrogen-bond acceptors (Lipinski definition) is 3. The lowest BCUT2D eigenvalue weighted by Gasteiger charge is -2.23. The minimum Gasteiger partial charge on any atom is -0.324 e. The van der Waals surface area contributed by atoms with Crippen LogP contribution in [0.2, 0.25) is 0 Å². The zero-order valence-electron chi connectivity index (χ0n) is 14.2. The van der Waals surface area contributed by atoms with E-state index in [1.54, 1.807) is 0 Å². The second-order valence-corrected chi connectivity index (χ2v) is 5.97. The SMILES string of the molecule is CCc1cccc(NC(=O)CN2N=C(c3ccccc3)CCC2=O)c1. The van der Waals surface area contributed by atoms with Gasteiger partial charge in [0.2, 0.25) is 11.8 Å². The molecule has 0 saturated heterocycles. The Balaban J connectivity index is 1.69. The van der Waals surface area contributed by atoms with Crippen molar-refractivity contribution in [2.24, 2.45) is 5.10 Å². The lowest BCUT2D eigenvalue weighted by molar-refractivity contribution is -0.135. The topological polar surface area (TPSA) is 61.8 Å². The van der Waals surface area contributed by atoms with E-state index in [2.05, 4.69) is 17.3 Å². The molecule has 0 radical (unpaired) electrons. The van der Waals surface area contributed by atoms with Crippen LogP contribution in [-0.2, 0) is 16.0 Å². The third-order valence-electron chi connectivity index (χ3n) is 4.12. The molecular weight excluding hydrogens is 314 g/mol. The number of nitrogens with zero attached hydrogens (tertiary/aromatic N) is 2. The van der Waals surface area contributed by atoms with E-state index < -0.39 is 0 Å². The summed E-state index contributed by atoms with van der Waals surface area (Å²) in [5.74, 6) is -0.378. The fourth-order valence-corrected chi connectivity index (χ4v) is 2.77. The number of carbonyl (C=O) groups is 2. The standard InChI is InChI=1S/C20H21N3O2/c1-2-15-7-6-10-17(13-15)21-19(24)14-23-20(25)12-11-18(22-23)16-8-4-3-5-9-16/h3-10,13H,2,11-12,14H2,1H3,(H,21,24). The Bertz CT molecular complexity index is 800. The van der Waals surface area contributed by atoms with Crippen LogP contribution in [0.5, 0.6) is 0 Å². The number of rotatable bonds is 5. The summed E-state index contributed by atoms with van der Waals surface area (Å²) in [6.45, 7) is 1.98. The Morgan fingerprint density at radius 2 is 1.92 bits per heavy atom. The van der Waals surface area contributed by atoms with E-state index in [1.807, 2.05) is 54.6 Å². The summed E-state index contributed by atoms with van der Waals surface area (Å²) < 4.78 is 0. The predicted molar refractivity (Wildman–Crippen MR) is 98.4 cm³/mol. The molecular formula is C20H21N3O2. The van der Waals surface area contributed by atoms with Crippen molar-refractivity contribution in [1.82, 2.24) is 5.01 Å². The van der Waals surface area contributed by atoms with Crippen LogP contribution >= 0.6 is 0 Å². The van der Waals surface area contributed by atoms with Crippen LogP contribution in [0.4, 0.5) is 5.69 Å². The molecule has 0 saturated carbocycles. The third-order valence-corrected chi connectivity index (χ3v) is 4.12. The van der Waals surface area contributed by atoms with Crippen molar-refractivity contribution in [2.45, 2.75) is 26.2 Å². The van der Waals surface area contributed by atoms with E-state index >= 15 is 0 Å². The van der Waals surface area contributed by atoms with Gasteiger partial charge >= 0.3 is 0 Å². The minimum atomic E-state index is -0.250. The molecule has 0 spiro atoms. The fourth-order valence-electron chi connectivity index (χ4n) is 2.77. The summed E-state index contributed by atoms with van der Waals surface area (Å²) in [5.41, 5.74) is 3.70. The van der Waals surface area contributed by atoms with E-state index in [9.17, 15) is 9.59 Å². The Labute approximate surface area is 147 Å². The van der Waals surface area contributed by atoms with Crippen molar-refractivity contribution in [2.75, 3.05) is 11.9 Å². The van der Waals surface area contributed by atoms with Gasteiger partial charge in [-0.2, -0.15) is 5.10 Å². The van der Waals surface area contributed by atoms with Crippen LogP contribution in [-0.4, -0.2) is 29.1 Å². The van der Waals surface area contributed by atoms with Crippen LogP contribution < -0.4 is 5.32 Å². The molecule has 0 atom stereocenters. The molecule has 3 rings (SSSR count). The first-order valence-corrected chi connectivity index (χ1v) is 8.48. The van der Waals surface area contributed by atoms with E-state index in [0.717, 1.165) is 28.9 Å². The maximum absolute atomic E-state index is 12.3. The monoisotopic (exact) mass is 335 g/mol. The van der Waals surface area contributed by atoms with Gasteiger partial charge in [-0.15, -0.1) is 0 Å². The predicted octanol–water partition coefficient (Wildman–Crippen LogP) is 3.21. The summed E-state index contributed by atoms with van der Waals surface area (Å²) >= 11 is 0. The number of nitrogens with one attached hydrogen (secondary N) is 1. The second kappa shape index (κ2) is 7.75. The molecule has 5 heteroatoms. The van der Waals surface area contributed by atoms with E-state index in [1.165, 1.54) is 5.01 Å². The first-order valence-electron chi connectivity index (χ1n) is 8.48. The van der Waals surface area contributed by atoms with Gasteiger partial charge in [-0.1, -0.05) is 49.4 Å². The number of carbonyl (C=O) groups excluding carboxylic acids is 2. The third kappa shape index (κ3) is 4.32. The highest BCUT2D eigenvalue weighted by Crippen LogP contribution is 2.16. The molecule has 1 aliphatic rings. The average Bonchev–Trinajstić information content (AvgIpc) is 2.64. The Kier molecular flexibility index (Phi) is 5.23. The van der Waals surface area contributed by atoms with Gasteiger partial charge in [0.15, 0.2) is 0 Å². The molecule has 1 N–H and O–H groups in total. The molecule has 128 valence electrons. The zero-order valence-corrected chi connectivity index (χ0v) is 14.2. The number of benzene rings is 2. The first-order chi connectivity index (χ1) is 12.2. The number of anilines is 1. The molecule has 0 aromatic heterocycles. The van der Waals surface area contributed by atoms with Gasteiger partial charge in [-0.25, -0.2) is 5.01 Å². The summed E-state index contributed by atoms with van der Waals surface area (Å²) in [6.07, 6.45) is 1.87. The van der Waals surface area contributed by atoms with Gasteiger partial charge in [-0.05, 0) is 29.7 Å². The smallest absolute Gasteiger partial charge is 0.246 e. The largest absolute Gasteiger partial charge is 0.324 e. The molecule has 1 heterocycles. The van der Waals surface area contributed by atoms with Gasteiger partial charge in [0.25, 0.3) is 0 Å². The Morgan fingerprint density at radius 3 is 2.68 bits per heavy atom. The fraction of sp³-hybridized carbons (Fsp3) is 0.250. The molecule has 0 fully saturated rings. The van der Waals surface area contributed by atoms with E-state index in [-0.39, 0.29) is 18.4 Å². The summed E-state index contributed by atoms with van der Waals surface area (Å²) in [7, 11) is 0. The molecule has 0 aliphatic carbocycles. The lowest BCUT2D eigenvalue weighted by Crippen LogP contribution is -2.37. The second-order valence-electron chi connectivity index (χ2n) is 5.97. The van der Waals surface area contributed by atoms with Crippen LogP contribution in [0.3, 0.4) is 0 Å². The first kappa shape index (κ1) is 16.9. The molecule has 5 nitrogen and oxygen atoms in total. The minimum absolute atomic E-state index is 0.0779. The van der Waals surface area contributed by atoms with Crippen molar-refractivity contribution in [3.05, 3.63) is 65.7 Å². The van der Waals surface area contributed by atoms with Crippen molar-refractivity contribution in [1.29, 1.82) is 0 Å². The Morgan fingerprint density at radius 1 is 1.12 bits per heavy atom. The van der Waals surface area contributed by atoms with E-state index in [0.29, 0.717) is 12.8 Å². The molecule has 2 aromatic rings. The van der Waals surface area contributed by atoms with Crippen molar-refractivity contribution in [3.8, 4) is 0 Å². The number of amides is 2. The summed E-state index contributed by atoms with van der Waals surface area (Å²) in [6, 6.07) is 17.4. The maximum Gasteiger partial charge on any atom is 0.246 e. The van der Waals surface area contributed by atoms with Crippen LogP contribution in [0.15, 0.2) is 59.7 Å². The quantitative estimate of drug-likeness (QED) is 0.912. The molecule has 0 bridgehead atoms. The molecule has 25 heavy (non-hydrogen) atoms. The van der Waals surface area contributed by atoms with E-state index in [4.69, 9.17) is 0 Å². The van der Waals surface area contributed by atoms with Crippen LogP contribution in [0.1, 0.15) is 30.9 Å². The zero-order chi connectivity index (χ0) is 17.6.